The molecule has 5 heteroatoms. The minimum Gasteiger partial charge on any atom is -0.283 e. The molecule has 0 aromatic heterocycles. The summed E-state index contributed by atoms with van der Waals surface area (Å²) in [6, 6.07) is 0. The lowest BCUT2D eigenvalue weighted by Crippen LogP contribution is -2.12. The van der Waals surface area contributed by atoms with Crippen LogP contribution in [0, 0.1) is 24.7 Å². The van der Waals surface area contributed by atoms with E-state index in [9.17, 15) is 4.57 Å². The van der Waals surface area contributed by atoms with E-state index < -0.39 is 20.0 Å². The molecule has 0 aliphatic rings. The van der Waals surface area contributed by atoms with Crippen molar-refractivity contribution in [2.24, 2.45) is 0 Å². The van der Waals surface area contributed by atoms with Crippen LogP contribution in [-0.2, 0) is 18.1 Å². The van der Waals surface area contributed by atoms with E-state index in [4.69, 9.17) is 26.4 Å². The van der Waals surface area contributed by atoms with Crippen molar-refractivity contribution in [1.82, 2.24) is 0 Å². The van der Waals surface area contributed by atoms with Gasteiger partial charge in [0, 0.05) is 0 Å². The molecule has 0 amide bonds. The largest absolute Gasteiger partial charge is 0.477 e. The third kappa shape index (κ3) is 5.75. The molecule has 0 radical (unpaired) electrons. The number of phosphoric acid groups is 1. The van der Waals surface area contributed by atoms with Crippen LogP contribution in [0.2, 0.25) is 0 Å². The van der Waals surface area contributed by atoms with Crippen LogP contribution in [0.15, 0.2) is 12.7 Å². The Labute approximate surface area is 96.6 Å². The molecule has 0 aromatic carbocycles. The van der Waals surface area contributed by atoms with Crippen LogP contribution in [0.1, 0.15) is 13.8 Å². The van der Waals surface area contributed by atoms with Crippen molar-refractivity contribution in [3.8, 4) is 24.7 Å². The van der Waals surface area contributed by atoms with E-state index in [0.717, 1.165) is 0 Å². The lowest BCUT2D eigenvalue weighted by molar-refractivity contribution is 0.0981. The van der Waals surface area contributed by atoms with Gasteiger partial charge in [-0.2, -0.15) is 0 Å². The molecule has 2 unspecified atom stereocenters. The highest BCUT2D eigenvalue weighted by molar-refractivity contribution is 7.48. The smallest absolute Gasteiger partial charge is 0.283 e. The van der Waals surface area contributed by atoms with Crippen LogP contribution < -0.4 is 0 Å². The zero-order chi connectivity index (χ0) is 12.6. The van der Waals surface area contributed by atoms with Gasteiger partial charge in [-0.05, 0) is 13.8 Å². The summed E-state index contributed by atoms with van der Waals surface area (Å²) >= 11 is 0. The monoisotopic (exact) mass is 242 g/mol. The maximum atomic E-state index is 12.0. The number of phosphoric ester groups is 1. The van der Waals surface area contributed by atoms with E-state index in [1.54, 1.807) is 13.8 Å². The summed E-state index contributed by atoms with van der Waals surface area (Å²) in [5.74, 6) is 4.51. The first-order valence-electron chi connectivity index (χ1n) is 4.62. The average molecular weight is 242 g/mol. The molecule has 88 valence electrons. The Balaban J connectivity index is 4.62. The van der Waals surface area contributed by atoms with E-state index in [2.05, 4.69) is 18.4 Å². The summed E-state index contributed by atoms with van der Waals surface area (Å²) in [6.45, 7) is 6.54. The highest BCUT2D eigenvalue weighted by atomic mass is 31.2. The first kappa shape index (κ1) is 15.0. The summed E-state index contributed by atoms with van der Waals surface area (Å²) in [6.07, 6.45) is 10.2. The van der Waals surface area contributed by atoms with Gasteiger partial charge in [-0.1, -0.05) is 17.9 Å². The van der Waals surface area contributed by atoms with Gasteiger partial charge in [-0.15, -0.1) is 19.4 Å². The van der Waals surface area contributed by atoms with Gasteiger partial charge in [-0.25, -0.2) is 4.57 Å². The van der Waals surface area contributed by atoms with Crippen LogP contribution in [0.5, 0.6) is 0 Å². The number of hydrogen-bond acceptors (Lipinski definition) is 4. The van der Waals surface area contributed by atoms with Crippen LogP contribution in [0.4, 0.5) is 0 Å². The normalized spacial score (nSPS) is 17.5. The Hall–Kier alpha value is -1.03. The average Bonchev–Trinajstić information content (AvgIpc) is 2.25. The first-order chi connectivity index (χ1) is 7.47. The third-order valence-corrected chi connectivity index (χ3v) is 3.01. The summed E-state index contributed by atoms with van der Waals surface area (Å²) in [4.78, 5) is 0. The van der Waals surface area contributed by atoms with Crippen molar-refractivity contribution in [1.29, 1.82) is 0 Å². The van der Waals surface area contributed by atoms with Crippen molar-refractivity contribution in [2.45, 2.75) is 26.1 Å². The predicted octanol–water partition coefficient (Wildman–Crippen LogP) is 2.37. The molecule has 0 aliphatic carbocycles. The lowest BCUT2D eigenvalue weighted by Gasteiger charge is -2.20. The van der Waals surface area contributed by atoms with Crippen LogP contribution in [0.25, 0.3) is 0 Å². The molecule has 0 bridgehead atoms. The second-order valence-corrected chi connectivity index (χ2v) is 4.43. The molecular weight excluding hydrogens is 227 g/mol. The molecule has 0 saturated carbocycles. The first-order valence-corrected chi connectivity index (χ1v) is 6.08. The Bertz CT molecular complexity index is 324. The lowest BCUT2D eigenvalue weighted by atomic mass is 10.4. The van der Waals surface area contributed by atoms with E-state index in [-0.39, 0.29) is 6.61 Å². The Morgan fingerprint density at radius 1 is 1.31 bits per heavy atom. The Morgan fingerprint density at radius 3 is 2.06 bits per heavy atom. The third-order valence-electron chi connectivity index (χ3n) is 1.39. The summed E-state index contributed by atoms with van der Waals surface area (Å²) in [5.41, 5.74) is 0. The van der Waals surface area contributed by atoms with E-state index in [0.29, 0.717) is 0 Å². The molecule has 16 heavy (non-hydrogen) atoms. The van der Waals surface area contributed by atoms with Gasteiger partial charge in [0.05, 0.1) is 6.61 Å². The van der Waals surface area contributed by atoms with Gasteiger partial charge in [-0.3, -0.25) is 13.6 Å². The minimum atomic E-state index is -3.74. The van der Waals surface area contributed by atoms with Crippen molar-refractivity contribution in [3.05, 3.63) is 12.7 Å². The molecule has 0 aliphatic heterocycles. The molecule has 2 atom stereocenters. The van der Waals surface area contributed by atoms with Gasteiger partial charge < -0.3 is 0 Å². The van der Waals surface area contributed by atoms with E-state index >= 15 is 0 Å². The topological polar surface area (TPSA) is 44.8 Å². The van der Waals surface area contributed by atoms with Crippen molar-refractivity contribution in [3.63, 3.8) is 0 Å². The Morgan fingerprint density at radius 2 is 1.75 bits per heavy atom. The van der Waals surface area contributed by atoms with Crippen molar-refractivity contribution < 1.29 is 18.1 Å². The molecule has 4 nitrogen and oxygen atoms in total. The molecule has 0 N–H and O–H groups in total. The molecule has 0 rings (SSSR count). The molecule has 0 heterocycles. The quantitative estimate of drug-likeness (QED) is 0.390. The second kappa shape index (κ2) is 7.28. The summed E-state index contributed by atoms with van der Waals surface area (Å²) < 4.78 is 26.9. The zero-order valence-electron chi connectivity index (χ0n) is 9.38. The number of hydrogen-bond donors (Lipinski definition) is 0. The summed E-state index contributed by atoms with van der Waals surface area (Å²) in [7, 11) is -3.74. The fourth-order valence-corrected chi connectivity index (χ4v) is 2.03. The highest BCUT2D eigenvalue weighted by Crippen LogP contribution is 2.51. The fourth-order valence-electron chi connectivity index (χ4n) is 0.678. The van der Waals surface area contributed by atoms with Gasteiger partial charge in [0.2, 0.25) is 0 Å². The summed E-state index contributed by atoms with van der Waals surface area (Å²) in [5, 5.41) is 0. The van der Waals surface area contributed by atoms with Crippen molar-refractivity contribution in [2.75, 3.05) is 6.61 Å². The van der Waals surface area contributed by atoms with Gasteiger partial charge >= 0.3 is 7.82 Å². The standard InChI is InChI=1S/C11H15O4P/c1-6-9-13-16(12,14-10(4)7-2)15-11(5)8-3/h2-3,6,10-11H,1,9H2,4-5H3. The van der Waals surface area contributed by atoms with Crippen LogP contribution in [0.3, 0.4) is 0 Å². The SMILES string of the molecule is C#CC(C)OP(=O)(OCC=C)OC(C)C#C. The number of terminal acetylenes is 2. The minimum absolute atomic E-state index is 0.0197. The Kier molecular flexibility index (Phi) is 6.81. The van der Waals surface area contributed by atoms with Gasteiger partial charge in [0.25, 0.3) is 0 Å². The van der Waals surface area contributed by atoms with Gasteiger partial charge in [0.1, 0.15) is 12.2 Å². The van der Waals surface area contributed by atoms with E-state index in [1.807, 2.05) is 0 Å². The predicted molar refractivity (Wildman–Crippen MR) is 62.5 cm³/mol. The second-order valence-electron chi connectivity index (χ2n) is 2.86. The maximum absolute atomic E-state index is 12.0. The van der Waals surface area contributed by atoms with Gasteiger partial charge in [0.15, 0.2) is 0 Å². The molecular formula is C11H15O4P. The zero-order valence-corrected chi connectivity index (χ0v) is 10.3. The molecule has 0 aromatic rings. The maximum Gasteiger partial charge on any atom is 0.477 e. The number of rotatable bonds is 7. The fraction of sp³-hybridized carbons (Fsp3) is 0.455. The van der Waals surface area contributed by atoms with Crippen LogP contribution in [-0.4, -0.2) is 18.8 Å². The highest BCUT2D eigenvalue weighted by Gasteiger charge is 2.30. The van der Waals surface area contributed by atoms with Crippen molar-refractivity contribution >= 4 is 7.82 Å². The van der Waals surface area contributed by atoms with Crippen LogP contribution >= 0.6 is 7.82 Å². The molecule has 0 saturated heterocycles. The van der Waals surface area contributed by atoms with E-state index in [1.165, 1.54) is 6.08 Å². The molecule has 0 spiro atoms. The molecule has 0 fully saturated rings.